The van der Waals surface area contributed by atoms with Crippen molar-refractivity contribution in [2.24, 2.45) is 11.8 Å². The lowest BCUT2D eigenvalue weighted by molar-refractivity contribution is -0.0123. The molecule has 1 saturated heterocycles. The molecule has 0 aromatic heterocycles. The number of hydrogen-bond acceptors (Lipinski definition) is 3. The summed E-state index contributed by atoms with van der Waals surface area (Å²) in [6.07, 6.45) is 6.32. The van der Waals surface area contributed by atoms with Crippen molar-refractivity contribution in [1.82, 2.24) is 5.43 Å². The second kappa shape index (κ2) is 6.38. The highest BCUT2D eigenvalue weighted by molar-refractivity contribution is 4.79. The number of nitrogens with one attached hydrogen (secondary N) is 1. The molecule has 3 atom stereocenters. The molecule has 3 heteroatoms. The summed E-state index contributed by atoms with van der Waals surface area (Å²) in [6.45, 7) is 5.40. The fourth-order valence-electron chi connectivity index (χ4n) is 2.01. The van der Waals surface area contributed by atoms with Crippen LogP contribution in [0.15, 0.2) is 0 Å². The van der Waals surface area contributed by atoms with Crippen LogP contribution in [-0.2, 0) is 4.74 Å². The van der Waals surface area contributed by atoms with Crippen molar-refractivity contribution in [3.05, 3.63) is 0 Å². The highest BCUT2D eigenvalue weighted by atomic mass is 16.5. The number of nitrogens with two attached hydrogens (primary N) is 1. The molecule has 0 amide bonds. The summed E-state index contributed by atoms with van der Waals surface area (Å²) in [5.41, 5.74) is 2.91. The van der Waals surface area contributed by atoms with Crippen molar-refractivity contribution in [2.75, 3.05) is 6.61 Å². The van der Waals surface area contributed by atoms with Crippen LogP contribution in [0.4, 0.5) is 0 Å². The lowest BCUT2D eigenvalue weighted by atomic mass is 9.93. The molecule has 1 aliphatic rings. The molecule has 1 heterocycles. The first-order chi connectivity index (χ1) is 6.77. The van der Waals surface area contributed by atoms with E-state index in [2.05, 4.69) is 19.3 Å². The van der Waals surface area contributed by atoms with Crippen molar-refractivity contribution < 1.29 is 4.74 Å². The second-order valence-corrected chi connectivity index (χ2v) is 4.43. The molecule has 0 aromatic rings. The highest BCUT2D eigenvalue weighted by Gasteiger charge is 2.24. The lowest BCUT2D eigenvalue weighted by Gasteiger charge is -2.31. The molecule has 1 aliphatic heterocycles. The van der Waals surface area contributed by atoms with Gasteiger partial charge in [0.1, 0.15) is 0 Å². The highest BCUT2D eigenvalue weighted by Crippen LogP contribution is 2.20. The van der Waals surface area contributed by atoms with Gasteiger partial charge >= 0.3 is 0 Å². The predicted molar refractivity (Wildman–Crippen MR) is 58.8 cm³/mol. The first kappa shape index (κ1) is 12.0. The lowest BCUT2D eigenvalue weighted by Crippen LogP contribution is -2.47. The number of rotatable bonds is 5. The van der Waals surface area contributed by atoms with Gasteiger partial charge in [0.05, 0.1) is 6.10 Å². The Morgan fingerprint density at radius 1 is 1.50 bits per heavy atom. The van der Waals surface area contributed by atoms with Crippen molar-refractivity contribution in [1.29, 1.82) is 0 Å². The molecule has 3 nitrogen and oxygen atoms in total. The van der Waals surface area contributed by atoms with E-state index in [1.165, 1.54) is 19.3 Å². The molecule has 1 rings (SSSR count). The first-order valence-corrected chi connectivity index (χ1v) is 5.85. The molecule has 1 fully saturated rings. The predicted octanol–water partition coefficient (Wildman–Crippen LogP) is 1.82. The Hall–Kier alpha value is -0.120. The van der Waals surface area contributed by atoms with Crippen LogP contribution in [0.3, 0.4) is 0 Å². The van der Waals surface area contributed by atoms with Crippen LogP contribution in [0.1, 0.15) is 46.0 Å². The van der Waals surface area contributed by atoms with Crippen molar-refractivity contribution in [3.63, 3.8) is 0 Å². The van der Waals surface area contributed by atoms with Crippen LogP contribution >= 0.6 is 0 Å². The van der Waals surface area contributed by atoms with E-state index in [9.17, 15) is 0 Å². The summed E-state index contributed by atoms with van der Waals surface area (Å²) >= 11 is 0. The Bertz CT molecular complexity index is 146. The molecule has 0 radical (unpaired) electrons. The average Bonchev–Trinajstić information content (AvgIpc) is 2.26. The number of hydrogen-bond donors (Lipinski definition) is 2. The second-order valence-electron chi connectivity index (χ2n) is 4.43. The van der Waals surface area contributed by atoms with Crippen LogP contribution in [0.25, 0.3) is 0 Å². The maximum absolute atomic E-state index is 5.73. The van der Waals surface area contributed by atoms with Crippen LogP contribution in [-0.4, -0.2) is 18.8 Å². The van der Waals surface area contributed by atoms with Gasteiger partial charge in [-0.3, -0.25) is 11.3 Å². The quantitative estimate of drug-likeness (QED) is 0.526. The minimum Gasteiger partial charge on any atom is -0.377 e. The molecular weight excluding hydrogens is 176 g/mol. The van der Waals surface area contributed by atoms with Gasteiger partial charge in [0, 0.05) is 12.6 Å². The minimum atomic E-state index is 0.336. The fraction of sp³-hybridized carbons (Fsp3) is 1.00. The summed E-state index contributed by atoms with van der Waals surface area (Å²) < 4.78 is 5.73. The molecule has 0 saturated carbocycles. The third-order valence-electron chi connectivity index (χ3n) is 3.23. The van der Waals surface area contributed by atoms with Crippen LogP contribution in [0.2, 0.25) is 0 Å². The van der Waals surface area contributed by atoms with E-state index in [1.54, 1.807) is 0 Å². The zero-order valence-electron chi connectivity index (χ0n) is 9.46. The Labute approximate surface area is 87.4 Å². The Balaban J connectivity index is 2.35. The maximum atomic E-state index is 5.73. The van der Waals surface area contributed by atoms with E-state index in [-0.39, 0.29) is 0 Å². The topological polar surface area (TPSA) is 47.3 Å². The molecule has 0 aromatic carbocycles. The van der Waals surface area contributed by atoms with Crippen LogP contribution < -0.4 is 11.3 Å². The Kier molecular flexibility index (Phi) is 5.45. The summed E-state index contributed by atoms with van der Waals surface area (Å²) in [5, 5.41) is 0. The largest absolute Gasteiger partial charge is 0.377 e. The Morgan fingerprint density at radius 3 is 2.79 bits per heavy atom. The zero-order valence-corrected chi connectivity index (χ0v) is 9.46. The van der Waals surface area contributed by atoms with Gasteiger partial charge in [-0.25, -0.2) is 0 Å². The number of ether oxygens (including phenoxy) is 1. The van der Waals surface area contributed by atoms with Gasteiger partial charge in [-0.2, -0.15) is 0 Å². The first-order valence-electron chi connectivity index (χ1n) is 5.85. The maximum Gasteiger partial charge on any atom is 0.0741 e. The van der Waals surface area contributed by atoms with Gasteiger partial charge in [0.15, 0.2) is 0 Å². The summed E-state index contributed by atoms with van der Waals surface area (Å²) in [7, 11) is 0. The van der Waals surface area contributed by atoms with Gasteiger partial charge < -0.3 is 4.74 Å². The molecule has 3 N–H and O–H groups in total. The molecule has 0 spiro atoms. The van der Waals surface area contributed by atoms with Crippen LogP contribution in [0.5, 0.6) is 0 Å². The summed E-state index contributed by atoms with van der Waals surface area (Å²) in [5.74, 6) is 6.30. The summed E-state index contributed by atoms with van der Waals surface area (Å²) in [4.78, 5) is 0. The standard InChI is InChI=1S/C11H24N2O/c1-3-9(2)8-10(13-12)11-6-4-5-7-14-11/h9-11,13H,3-8,12H2,1-2H3. The van der Waals surface area contributed by atoms with Crippen molar-refractivity contribution >= 4 is 0 Å². The monoisotopic (exact) mass is 200 g/mol. The molecule has 84 valence electrons. The Morgan fingerprint density at radius 2 is 2.29 bits per heavy atom. The zero-order chi connectivity index (χ0) is 10.4. The average molecular weight is 200 g/mol. The van der Waals surface area contributed by atoms with Gasteiger partial charge in [-0.05, 0) is 31.6 Å². The van der Waals surface area contributed by atoms with Crippen molar-refractivity contribution in [2.45, 2.75) is 58.1 Å². The smallest absolute Gasteiger partial charge is 0.0741 e. The van der Waals surface area contributed by atoms with Gasteiger partial charge in [0.2, 0.25) is 0 Å². The van der Waals surface area contributed by atoms with E-state index < -0.39 is 0 Å². The van der Waals surface area contributed by atoms with E-state index in [0.717, 1.165) is 25.4 Å². The molecular formula is C11H24N2O. The number of hydrazine groups is 1. The van der Waals surface area contributed by atoms with Crippen LogP contribution in [0, 0.1) is 5.92 Å². The molecule has 0 aliphatic carbocycles. The van der Waals surface area contributed by atoms with Gasteiger partial charge in [-0.1, -0.05) is 20.3 Å². The molecule has 3 unspecified atom stereocenters. The molecule has 14 heavy (non-hydrogen) atoms. The molecule has 0 bridgehead atoms. The van der Waals surface area contributed by atoms with E-state index in [4.69, 9.17) is 10.6 Å². The normalized spacial score (nSPS) is 27.2. The third kappa shape index (κ3) is 3.56. The minimum absolute atomic E-state index is 0.336. The SMILES string of the molecule is CCC(C)CC(NN)C1CCCCO1. The van der Waals surface area contributed by atoms with Gasteiger partial charge in [0.25, 0.3) is 0 Å². The van der Waals surface area contributed by atoms with E-state index in [1.807, 2.05) is 0 Å². The van der Waals surface area contributed by atoms with E-state index >= 15 is 0 Å². The van der Waals surface area contributed by atoms with E-state index in [0.29, 0.717) is 12.1 Å². The van der Waals surface area contributed by atoms with Crippen molar-refractivity contribution in [3.8, 4) is 0 Å². The fourth-order valence-corrected chi connectivity index (χ4v) is 2.01. The third-order valence-corrected chi connectivity index (χ3v) is 3.23. The summed E-state index contributed by atoms with van der Waals surface area (Å²) in [6, 6.07) is 0.338. The van der Waals surface area contributed by atoms with Gasteiger partial charge in [-0.15, -0.1) is 0 Å².